The molecule has 0 aliphatic heterocycles. The number of halogens is 2. The first-order chi connectivity index (χ1) is 21.6. The number of hydrogen-bond donors (Lipinski definition) is 1. The van der Waals surface area contributed by atoms with Crippen molar-refractivity contribution in [1.82, 2.24) is 10.2 Å². The second-order valence-electron chi connectivity index (χ2n) is 10.8. The number of rotatable bonds is 14. The van der Waals surface area contributed by atoms with E-state index >= 15 is 0 Å². The molecule has 4 aromatic rings. The number of carbonyl (C=O) groups is 2. The monoisotopic (exact) mass is 709 g/mol. The molecule has 45 heavy (non-hydrogen) atoms. The van der Waals surface area contributed by atoms with Crippen LogP contribution in [0, 0.1) is 6.92 Å². The first-order valence-electron chi connectivity index (χ1n) is 14.8. The van der Waals surface area contributed by atoms with Gasteiger partial charge in [-0.2, -0.15) is 0 Å². The lowest BCUT2D eigenvalue weighted by Gasteiger charge is -2.34. The van der Waals surface area contributed by atoms with Gasteiger partial charge in [0.25, 0.3) is 10.0 Å². The van der Waals surface area contributed by atoms with Gasteiger partial charge in [-0.05, 0) is 72.5 Å². The van der Waals surface area contributed by atoms with Crippen LogP contribution in [0.15, 0.2) is 112 Å². The van der Waals surface area contributed by atoms with Gasteiger partial charge in [0.1, 0.15) is 12.6 Å². The predicted molar refractivity (Wildman–Crippen MR) is 184 cm³/mol. The number of para-hydroxylation sites is 1. The number of nitrogens with one attached hydrogen (secondary N) is 1. The van der Waals surface area contributed by atoms with E-state index < -0.39 is 28.5 Å². The number of hydrogen-bond acceptors (Lipinski definition) is 4. The smallest absolute Gasteiger partial charge is 0.264 e. The van der Waals surface area contributed by atoms with Gasteiger partial charge in [-0.3, -0.25) is 13.9 Å². The molecular weight excluding hydrogens is 674 g/mol. The molecule has 1 atom stereocenters. The molecule has 1 N–H and O–H groups in total. The topological polar surface area (TPSA) is 86.8 Å². The molecule has 2 amide bonds. The first-order valence-corrected chi connectivity index (χ1v) is 17.4. The third-order valence-electron chi connectivity index (χ3n) is 7.43. The quantitative estimate of drug-likeness (QED) is 0.141. The number of aryl methyl sites for hydroxylation is 1. The second-order valence-corrected chi connectivity index (χ2v) is 14.0. The van der Waals surface area contributed by atoms with Crippen LogP contribution in [0.1, 0.15) is 36.5 Å². The number of anilines is 1. The molecule has 0 unspecified atom stereocenters. The van der Waals surface area contributed by atoms with Gasteiger partial charge in [-0.25, -0.2) is 8.42 Å². The summed E-state index contributed by atoms with van der Waals surface area (Å²) in [6.45, 7) is 3.90. The zero-order valence-corrected chi connectivity index (χ0v) is 28.5. The SMILES string of the molecule is CCCCNC(=O)[C@H](Cc1ccccc1)N(Cc1ccc(Br)cc1)C(=O)CN(c1ccccc1C)S(=O)(=O)c1ccc(Cl)cc1. The van der Waals surface area contributed by atoms with Crippen molar-refractivity contribution >= 4 is 55.1 Å². The number of amides is 2. The summed E-state index contributed by atoms with van der Waals surface area (Å²) < 4.78 is 30.3. The van der Waals surface area contributed by atoms with E-state index in [4.69, 9.17) is 11.6 Å². The molecule has 0 aliphatic rings. The van der Waals surface area contributed by atoms with Gasteiger partial charge >= 0.3 is 0 Å². The summed E-state index contributed by atoms with van der Waals surface area (Å²) in [5, 5.41) is 3.40. The summed E-state index contributed by atoms with van der Waals surface area (Å²) in [4.78, 5) is 29.8. The van der Waals surface area contributed by atoms with Crippen molar-refractivity contribution in [3.8, 4) is 0 Å². The lowest BCUT2D eigenvalue weighted by atomic mass is 10.0. The van der Waals surface area contributed by atoms with Gasteiger partial charge in [-0.15, -0.1) is 0 Å². The molecule has 0 spiro atoms. The molecular formula is C35H37BrClN3O4S. The largest absolute Gasteiger partial charge is 0.354 e. The lowest BCUT2D eigenvalue weighted by molar-refractivity contribution is -0.140. The highest BCUT2D eigenvalue weighted by molar-refractivity contribution is 9.10. The summed E-state index contributed by atoms with van der Waals surface area (Å²) in [6.07, 6.45) is 1.96. The summed E-state index contributed by atoms with van der Waals surface area (Å²) in [6, 6.07) is 29.0. The minimum absolute atomic E-state index is 0.000516. The minimum atomic E-state index is -4.20. The van der Waals surface area contributed by atoms with Gasteiger partial charge in [0.2, 0.25) is 11.8 Å². The van der Waals surface area contributed by atoms with E-state index in [0.29, 0.717) is 22.8 Å². The van der Waals surface area contributed by atoms with Crippen LogP contribution < -0.4 is 9.62 Å². The molecule has 236 valence electrons. The average Bonchev–Trinajstić information content (AvgIpc) is 3.03. The van der Waals surface area contributed by atoms with Crippen molar-refractivity contribution < 1.29 is 18.0 Å². The third-order valence-corrected chi connectivity index (χ3v) is 9.99. The standard InChI is InChI=1S/C35H37BrClN3O4S/c1-3-4-22-38-35(42)33(23-27-11-6-5-7-12-27)39(24-28-14-16-29(36)17-15-28)34(41)25-40(32-13-9-8-10-26(32)2)45(43,44)31-20-18-30(37)19-21-31/h5-21,33H,3-4,22-25H2,1-2H3,(H,38,42)/t33-/m0/s1. The van der Waals surface area contributed by atoms with Crippen LogP contribution in [0.3, 0.4) is 0 Å². The summed E-state index contributed by atoms with van der Waals surface area (Å²) in [5.74, 6) is -0.800. The van der Waals surface area contributed by atoms with Gasteiger partial charge in [0, 0.05) is 29.0 Å². The van der Waals surface area contributed by atoms with Crippen molar-refractivity contribution in [3.63, 3.8) is 0 Å². The highest BCUT2D eigenvalue weighted by Crippen LogP contribution is 2.28. The van der Waals surface area contributed by atoms with Crippen molar-refractivity contribution in [2.75, 3.05) is 17.4 Å². The fourth-order valence-electron chi connectivity index (χ4n) is 4.94. The Kier molecular flexibility index (Phi) is 12.2. The van der Waals surface area contributed by atoms with Gasteiger partial charge < -0.3 is 10.2 Å². The minimum Gasteiger partial charge on any atom is -0.354 e. The summed E-state index contributed by atoms with van der Waals surface area (Å²) >= 11 is 9.52. The maximum Gasteiger partial charge on any atom is 0.264 e. The zero-order chi connectivity index (χ0) is 32.4. The Labute approximate surface area is 279 Å². The normalized spacial score (nSPS) is 11.9. The molecule has 0 aromatic heterocycles. The molecule has 0 aliphatic carbocycles. The maximum atomic E-state index is 14.5. The maximum absolute atomic E-state index is 14.5. The summed E-state index contributed by atoms with van der Waals surface area (Å²) in [5.41, 5.74) is 2.73. The van der Waals surface area contributed by atoms with E-state index in [9.17, 15) is 18.0 Å². The van der Waals surface area contributed by atoms with Crippen LogP contribution in [0.4, 0.5) is 5.69 Å². The Morgan fingerprint density at radius 2 is 1.51 bits per heavy atom. The molecule has 0 fully saturated rings. The number of sulfonamides is 1. The second kappa shape index (κ2) is 16.1. The van der Waals surface area contributed by atoms with Crippen LogP contribution >= 0.6 is 27.5 Å². The molecule has 4 aromatic carbocycles. The van der Waals surface area contributed by atoms with Crippen LogP contribution in [0.5, 0.6) is 0 Å². The zero-order valence-electron chi connectivity index (χ0n) is 25.3. The molecule has 0 saturated heterocycles. The van der Waals surface area contributed by atoms with Gasteiger partial charge in [-0.1, -0.05) is 102 Å². The Bertz CT molecular complexity index is 1680. The molecule has 4 rings (SSSR count). The van der Waals surface area contributed by atoms with Gasteiger partial charge in [0.15, 0.2) is 0 Å². The van der Waals surface area contributed by atoms with E-state index in [2.05, 4.69) is 21.2 Å². The fraction of sp³-hybridized carbons (Fsp3) is 0.257. The van der Waals surface area contributed by atoms with E-state index in [-0.39, 0.29) is 23.8 Å². The number of nitrogens with zero attached hydrogens (tertiary/aromatic N) is 2. The number of benzene rings is 4. The molecule has 7 nitrogen and oxygen atoms in total. The summed E-state index contributed by atoms with van der Waals surface area (Å²) in [7, 11) is -4.20. The predicted octanol–water partition coefficient (Wildman–Crippen LogP) is 7.16. The van der Waals surface area contributed by atoms with Crippen LogP contribution in [0.2, 0.25) is 5.02 Å². The molecule has 0 heterocycles. The number of carbonyl (C=O) groups excluding carboxylic acids is 2. The van der Waals surface area contributed by atoms with Crippen molar-refractivity contribution in [3.05, 3.63) is 129 Å². The Hall–Kier alpha value is -3.66. The Balaban J connectivity index is 1.79. The van der Waals surface area contributed by atoms with Crippen LogP contribution in [-0.2, 0) is 32.6 Å². The number of unbranched alkanes of at least 4 members (excludes halogenated alkanes) is 1. The Morgan fingerprint density at radius 1 is 0.867 bits per heavy atom. The first kappa shape index (κ1) is 34.2. The lowest BCUT2D eigenvalue weighted by Crippen LogP contribution is -2.53. The van der Waals surface area contributed by atoms with Crippen LogP contribution in [0.25, 0.3) is 0 Å². The molecule has 0 bridgehead atoms. The third kappa shape index (κ3) is 9.19. The average molecular weight is 711 g/mol. The van der Waals surface area contributed by atoms with Crippen molar-refractivity contribution in [1.29, 1.82) is 0 Å². The fourth-order valence-corrected chi connectivity index (χ4v) is 6.81. The van der Waals surface area contributed by atoms with E-state index in [1.807, 2.05) is 67.6 Å². The molecule has 0 radical (unpaired) electrons. The highest BCUT2D eigenvalue weighted by Gasteiger charge is 2.35. The van der Waals surface area contributed by atoms with Crippen molar-refractivity contribution in [2.45, 2.75) is 50.6 Å². The molecule has 10 heteroatoms. The van der Waals surface area contributed by atoms with E-state index in [0.717, 1.165) is 32.7 Å². The molecule has 0 saturated carbocycles. The van der Waals surface area contributed by atoms with Crippen LogP contribution in [-0.4, -0.2) is 44.3 Å². The Morgan fingerprint density at radius 3 is 2.16 bits per heavy atom. The van der Waals surface area contributed by atoms with E-state index in [1.165, 1.54) is 29.2 Å². The van der Waals surface area contributed by atoms with E-state index in [1.54, 1.807) is 25.1 Å². The highest BCUT2D eigenvalue weighted by atomic mass is 79.9. The van der Waals surface area contributed by atoms with Gasteiger partial charge in [0.05, 0.1) is 10.6 Å². The van der Waals surface area contributed by atoms with Crippen molar-refractivity contribution in [2.24, 2.45) is 0 Å².